The van der Waals surface area contributed by atoms with Crippen LogP contribution in [0, 0.1) is 0 Å². The fraction of sp³-hybridized carbons (Fsp3) is 0.333. The second kappa shape index (κ2) is 6.91. The topological polar surface area (TPSA) is 77.3 Å². The summed E-state index contributed by atoms with van der Waals surface area (Å²) in [6.07, 6.45) is 3.80. The van der Waals surface area contributed by atoms with Crippen LogP contribution in [0.1, 0.15) is 6.42 Å². The molecule has 0 N–H and O–H groups in total. The summed E-state index contributed by atoms with van der Waals surface area (Å²) in [7, 11) is 0. The number of hydrogen-bond donors (Lipinski definition) is 0. The first kappa shape index (κ1) is 15.7. The monoisotopic (exact) mass is 378 g/mol. The van der Waals surface area contributed by atoms with Gasteiger partial charge in [0.25, 0.3) is 5.56 Å². The highest BCUT2D eigenvalue weighted by atomic mass is 79.9. The van der Waals surface area contributed by atoms with Gasteiger partial charge in [0.2, 0.25) is 11.8 Å². The van der Waals surface area contributed by atoms with E-state index in [9.17, 15) is 9.59 Å². The molecule has 8 heteroatoms. The molecule has 1 fully saturated rings. The maximum atomic E-state index is 12.3. The molecule has 1 amide bonds. The first-order valence-electron chi connectivity index (χ1n) is 7.20. The maximum Gasteiger partial charge on any atom is 0.267 e. The normalized spacial score (nSPS) is 17.3. The maximum absolute atomic E-state index is 12.3. The first-order chi connectivity index (χ1) is 11.1. The van der Waals surface area contributed by atoms with Crippen LogP contribution in [-0.2, 0) is 11.3 Å². The number of aromatic nitrogens is 3. The molecule has 23 heavy (non-hydrogen) atoms. The zero-order valence-corrected chi connectivity index (χ0v) is 13.8. The van der Waals surface area contributed by atoms with Crippen molar-refractivity contribution >= 4 is 21.8 Å². The van der Waals surface area contributed by atoms with Crippen LogP contribution in [0.15, 0.2) is 45.9 Å². The van der Waals surface area contributed by atoms with E-state index in [1.54, 1.807) is 23.2 Å². The van der Waals surface area contributed by atoms with Gasteiger partial charge in [-0.3, -0.25) is 9.59 Å². The minimum atomic E-state index is -0.285. The van der Waals surface area contributed by atoms with Crippen LogP contribution in [0.25, 0.3) is 0 Å². The van der Waals surface area contributed by atoms with E-state index >= 15 is 0 Å². The number of carbonyl (C=O) groups excluding carboxylic acids is 1. The number of likely N-dealkylation sites (tertiary alicyclic amines) is 1. The van der Waals surface area contributed by atoms with E-state index in [4.69, 9.17) is 4.74 Å². The van der Waals surface area contributed by atoms with Gasteiger partial charge in [0.15, 0.2) is 0 Å². The fourth-order valence-corrected chi connectivity index (χ4v) is 2.62. The van der Waals surface area contributed by atoms with E-state index in [1.165, 1.54) is 12.3 Å². The van der Waals surface area contributed by atoms with Crippen molar-refractivity contribution in [3.8, 4) is 5.88 Å². The summed E-state index contributed by atoms with van der Waals surface area (Å²) in [5.41, 5.74) is -0.285. The Kier molecular flexibility index (Phi) is 4.71. The molecule has 2 aromatic heterocycles. The third kappa shape index (κ3) is 3.95. The lowest BCUT2D eigenvalue weighted by atomic mass is 10.3. The Morgan fingerprint density at radius 1 is 1.39 bits per heavy atom. The minimum absolute atomic E-state index is 0.0527. The highest BCUT2D eigenvalue weighted by Gasteiger charge is 2.28. The first-order valence-corrected chi connectivity index (χ1v) is 7.99. The largest absolute Gasteiger partial charge is 0.472 e. The van der Waals surface area contributed by atoms with Crippen molar-refractivity contribution in [3.05, 3.63) is 51.5 Å². The molecule has 0 radical (unpaired) electrons. The third-order valence-corrected chi connectivity index (χ3v) is 4.02. The lowest BCUT2D eigenvalue weighted by Gasteiger charge is -2.17. The molecule has 0 saturated carbocycles. The van der Waals surface area contributed by atoms with E-state index in [0.717, 1.165) is 15.6 Å². The zero-order valence-electron chi connectivity index (χ0n) is 12.3. The number of nitrogens with zero attached hydrogens (tertiary/aromatic N) is 4. The highest BCUT2D eigenvalue weighted by Crippen LogP contribution is 2.18. The molecule has 0 aromatic carbocycles. The summed E-state index contributed by atoms with van der Waals surface area (Å²) < 4.78 is 7.82. The van der Waals surface area contributed by atoms with Crippen LogP contribution in [0.5, 0.6) is 5.88 Å². The van der Waals surface area contributed by atoms with Gasteiger partial charge in [0.1, 0.15) is 12.6 Å². The molecule has 0 aliphatic carbocycles. The highest BCUT2D eigenvalue weighted by molar-refractivity contribution is 9.10. The van der Waals surface area contributed by atoms with Gasteiger partial charge in [-0.05, 0) is 28.1 Å². The third-order valence-electron chi connectivity index (χ3n) is 3.56. The summed E-state index contributed by atoms with van der Waals surface area (Å²) in [5, 5.41) is 3.90. The van der Waals surface area contributed by atoms with E-state index in [1.807, 2.05) is 6.07 Å². The van der Waals surface area contributed by atoms with Gasteiger partial charge in [-0.1, -0.05) is 0 Å². The summed E-state index contributed by atoms with van der Waals surface area (Å²) in [5.74, 6) is 0.397. The number of ether oxygens (including phenoxy) is 1. The van der Waals surface area contributed by atoms with Crippen molar-refractivity contribution in [2.45, 2.75) is 19.1 Å². The second-order valence-electron chi connectivity index (χ2n) is 5.20. The number of amides is 1. The van der Waals surface area contributed by atoms with Crippen LogP contribution < -0.4 is 10.3 Å². The van der Waals surface area contributed by atoms with Crippen LogP contribution in [0.3, 0.4) is 0 Å². The van der Waals surface area contributed by atoms with Gasteiger partial charge in [-0.15, -0.1) is 0 Å². The van der Waals surface area contributed by atoms with Crippen molar-refractivity contribution < 1.29 is 9.53 Å². The number of pyridine rings is 1. The van der Waals surface area contributed by atoms with Crippen molar-refractivity contribution in [2.24, 2.45) is 0 Å². The molecule has 1 unspecified atom stereocenters. The molecule has 1 atom stereocenters. The van der Waals surface area contributed by atoms with E-state index in [2.05, 4.69) is 26.0 Å². The Hall–Kier alpha value is -2.22. The number of carbonyl (C=O) groups is 1. The second-order valence-corrected chi connectivity index (χ2v) is 6.12. The van der Waals surface area contributed by atoms with Gasteiger partial charge >= 0.3 is 0 Å². The molecular weight excluding hydrogens is 364 g/mol. The van der Waals surface area contributed by atoms with Crippen molar-refractivity contribution in [2.75, 3.05) is 13.1 Å². The smallest absolute Gasteiger partial charge is 0.267 e. The van der Waals surface area contributed by atoms with Crippen molar-refractivity contribution in [1.82, 2.24) is 19.7 Å². The molecule has 7 nitrogen and oxygen atoms in total. The summed E-state index contributed by atoms with van der Waals surface area (Å²) in [6, 6.07) is 6.57. The summed E-state index contributed by atoms with van der Waals surface area (Å²) in [6.45, 7) is 1.03. The van der Waals surface area contributed by atoms with Gasteiger partial charge < -0.3 is 9.64 Å². The number of rotatable bonds is 4. The van der Waals surface area contributed by atoms with Crippen LogP contribution in [0.2, 0.25) is 0 Å². The molecule has 0 spiro atoms. The molecule has 0 bridgehead atoms. The Labute approximate surface area is 141 Å². The SMILES string of the molecule is O=C(Cn1ncccc1=O)N1CCC(Oc2ccc(Br)cn2)C1. The molecule has 1 aliphatic heterocycles. The number of hydrogen-bond acceptors (Lipinski definition) is 5. The molecular formula is C15H15BrN4O3. The Balaban J connectivity index is 1.57. The molecule has 120 valence electrons. The molecule has 3 heterocycles. The van der Waals surface area contributed by atoms with E-state index in [0.29, 0.717) is 19.0 Å². The van der Waals surface area contributed by atoms with Crippen molar-refractivity contribution in [3.63, 3.8) is 0 Å². The quantitative estimate of drug-likeness (QED) is 0.795. The van der Waals surface area contributed by atoms with Gasteiger partial charge in [0, 0.05) is 42.0 Å². The Bertz CT molecular complexity index is 747. The lowest BCUT2D eigenvalue weighted by Crippen LogP contribution is -2.36. The zero-order chi connectivity index (χ0) is 16.2. The Morgan fingerprint density at radius 2 is 2.26 bits per heavy atom. The molecule has 1 aliphatic rings. The lowest BCUT2D eigenvalue weighted by molar-refractivity contribution is -0.131. The van der Waals surface area contributed by atoms with Gasteiger partial charge in [-0.2, -0.15) is 5.10 Å². The average molecular weight is 379 g/mol. The van der Waals surface area contributed by atoms with Crippen LogP contribution >= 0.6 is 15.9 Å². The fourth-order valence-electron chi connectivity index (χ4n) is 2.39. The molecule has 3 rings (SSSR count). The van der Waals surface area contributed by atoms with E-state index < -0.39 is 0 Å². The van der Waals surface area contributed by atoms with Gasteiger partial charge in [0.05, 0.1) is 6.54 Å². The van der Waals surface area contributed by atoms with Crippen LogP contribution in [0.4, 0.5) is 0 Å². The minimum Gasteiger partial charge on any atom is -0.472 e. The summed E-state index contributed by atoms with van der Waals surface area (Å²) >= 11 is 3.32. The molecule has 1 saturated heterocycles. The average Bonchev–Trinajstić information content (AvgIpc) is 3.00. The Morgan fingerprint density at radius 3 is 3.00 bits per heavy atom. The van der Waals surface area contributed by atoms with Crippen LogP contribution in [-0.4, -0.2) is 44.8 Å². The van der Waals surface area contributed by atoms with Crippen molar-refractivity contribution in [1.29, 1.82) is 0 Å². The number of halogens is 1. The van der Waals surface area contributed by atoms with Gasteiger partial charge in [-0.25, -0.2) is 9.67 Å². The molecule has 2 aromatic rings. The predicted octanol–water partition coefficient (Wildman–Crippen LogP) is 1.08. The summed E-state index contributed by atoms with van der Waals surface area (Å²) in [4.78, 5) is 29.7. The standard InChI is InChI=1S/C15H15BrN4O3/c16-11-3-4-13(17-8-11)23-12-5-7-19(9-12)15(22)10-20-14(21)2-1-6-18-20/h1-4,6,8,12H,5,7,9-10H2. The predicted molar refractivity (Wildman–Crippen MR) is 86.0 cm³/mol. The van der Waals surface area contributed by atoms with E-state index in [-0.39, 0.29) is 24.1 Å².